The van der Waals surface area contributed by atoms with E-state index in [2.05, 4.69) is 10.3 Å². The van der Waals surface area contributed by atoms with E-state index in [0.29, 0.717) is 23.1 Å². The van der Waals surface area contributed by atoms with Gasteiger partial charge in [0.15, 0.2) is 11.7 Å². The smallest absolute Gasteiger partial charge is 0.206 e. The largest absolute Gasteiger partial charge is 0.485 e. The molecule has 1 aliphatic rings. The fourth-order valence-corrected chi connectivity index (χ4v) is 5.91. The Morgan fingerprint density at radius 2 is 1.59 bits per heavy atom. The highest BCUT2D eigenvalue weighted by atomic mass is 32.2. The van der Waals surface area contributed by atoms with Gasteiger partial charge in [-0.1, -0.05) is 52.8 Å². The Kier molecular flexibility index (Phi) is 6.90. The molecule has 3 aromatic carbocycles. The quantitative estimate of drug-likeness (QED) is 0.121. The second-order valence-electron chi connectivity index (χ2n) is 8.86. The van der Waals surface area contributed by atoms with Gasteiger partial charge in [-0.25, -0.2) is 12.8 Å². The summed E-state index contributed by atoms with van der Waals surface area (Å²) in [6.45, 7) is 1.79. The summed E-state index contributed by atoms with van der Waals surface area (Å²) in [4.78, 5) is -0.0119. The zero-order valence-corrected chi connectivity index (χ0v) is 20.6. The van der Waals surface area contributed by atoms with Gasteiger partial charge in [0.2, 0.25) is 9.84 Å². The predicted molar refractivity (Wildman–Crippen MR) is 136 cm³/mol. The number of rotatable bonds is 7. The Balaban J connectivity index is 1.76. The summed E-state index contributed by atoms with van der Waals surface area (Å²) in [6.07, 6.45) is 0.353. The molecular weight excluding hydrogens is 499 g/mol. The van der Waals surface area contributed by atoms with Crippen molar-refractivity contribution in [1.82, 2.24) is 0 Å². The monoisotopic (exact) mass is 524 g/mol. The van der Waals surface area contributed by atoms with Gasteiger partial charge in [-0.2, -0.15) is 0 Å². The van der Waals surface area contributed by atoms with Crippen molar-refractivity contribution >= 4 is 27.3 Å². The van der Waals surface area contributed by atoms with Crippen molar-refractivity contribution in [1.29, 1.82) is 0 Å². The van der Waals surface area contributed by atoms with Crippen LogP contribution in [0.3, 0.4) is 0 Å². The van der Waals surface area contributed by atoms with Gasteiger partial charge in [-0.05, 0) is 42.8 Å². The van der Waals surface area contributed by atoms with E-state index in [-0.39, 0.29) is 33.7 Å². The van der Waals surface area contributed by atoms with Crippen molar-refractivity contribution in [3.8, 4) is 0 Å². The number of amidine groups is 2. The van der Waals surface area contributed by atoms with Crippen molar-refractivity contribution in [3.63, 3.8) is 0 Å². The van der Waals surface area contributed by atoms with Crippen LogP contribution in [-0.4, -0.2) is 36.1 Å². The molecule has 0 saturated heterocycles. The molecule has 3 aromatic rings. The lowest BCUT2D eigenvalue weighted by molar-refractivity contribution is 0.0800. The highest BCUT2D eigenvalue weighted by molar-refractivity contribution is 7.95. The highest BCUT2D eigenvalue weighted by Gasteiger charge is 2.43. The molecule has 1 unspecified atom stereocenters. The number of sulfone groups is 1. The molecule has 0 aromatic heterocycles. The summed E-state index contributed by atoms with van der Waals surface area (Å²) in [5.41, 5.74) is 12.6. The minimum atomic E-state index is -4.05. The maximum absolute atomic E-state index is 13.7. The second-order valence-corrected chi connectivity index (χ2v) is 10.8. The molecule has 0 fully saturated rings. The van der Waals surface area contributed by atoms with E-state index in [4.69, 9.17) is 26.6 Å². The average Bonchev–Trinajstić information content (AvgIpc) is 3.26. The molecule has 0 saturated carbocycles. The molecule has 0 amide bonds. The normalized spacial score (nSPS) is 18.6. The topological polar surface area (TPSA) is 161 Å². The van der Waals surface area contributed by atoms with Gasteiger partial charge in [0.1, 0.15) is 17.2 Å². The molecule has 0 radical (unpaired) electrons. The van der Waals surface area contributed by atoms with Crippen LogP contribution in [0.15, 0.2) is 92.9 Å². The molecule has 6 N–H and O–H groups in total. The Morgan fingerprint density at radius 1 is 0.973 bits per heavy atom. The summed E-state index contributed by atoms with van der Waals surface area (Å²) in [5, 5.41) is 23.9. The second kappa shape index (κ2) is 9.94. The number of oxime groups is 2. The van der Waals surface area contributed by atoms with Crippen LogP contribution in [0.2, 0.25) is 0 Å². The first-order valence-electron chi connectivity index (χ1n) is 11.1. The number of nitrogens with zero attached hydrogens (tertiary/aromatic N) is 2. The third-order valence-electron chi connectivity index (χ3n) is 6.04. The summed E-state index contributed by atoms with van der Waals surface area (Å²) in [5.74, 6) is -0.540. The lowest BCUT2D eigenvalue weighted by atomic mass is 9.93. The van der Waals surface area contributed by atoms with Gasteiger partial charge < -0.3 is 26.6 Å². The van der Waals surface area contributed by atoms with E-state index >= 15 is 0 Å². The van der Waals surface area contributed by atoms with E-state index in [0.717, 1.165) is 17.7 Å². The fourth-order valence-electron chi connectivity index (χ4n) is 4.23. The van der Waals surface area contributed by atoms with Crippen LogP contribution in [0.25, 0.3) is 5.76 Å². The molecule has 0 spiro atoms. The molecule has 0 bridgehead atoms. The van der Waals surface area contributed by atoms with Crippen LogP contribution in [0.1, 0.15) is 35.6 Å². The van der Waals surface area contributed by atoms with E-state index in [1.165, 1.54) is 12.1 Å². The minimum absolute atomic E-state index is 0.0395. The first-order valence-corrected chi connectivity index (χ1v) is 12.6. The van der Waals surface area contributed by atoms with Crippen molar-refractivity contribution in [2.24, 2.45) is 21.8 Å². The molecule has 0 aliphatic carbocycles. The first kappa shape index (κ1) is 25.7. The number of ether oxygens (including phenoxy) is 1. The average molecular weight is 525 g/mol. The van der Waals surface area contributed by atoms with E-state index in [1.807, 2.05) is 6.07 Å². The summed E-state index contributed by atoms with van der Waals surface area (Å²) in [6, 6.07) is 18.0. The first-order chi connectivity index (χ1) is 17.6. The number of hydrogen-bond acceptors (Lipinski definition) is 7. The SMILES string of the molecule is CC1(Cc2cccc(/C(N)=N/O)c2)CC(S(=O)(=O)c2ccc(F)cc2)=C(c2ccc(/C(N)=N/O)cc2)O1. The fraction of sp³-hybridized carbons (Fsp3) is 0.154. The number of halogens is 1. The maximum atomic E-state index is 13.7. The van der Waals surface area contributed by atoms with Gasteiger partial charge in [0.05, 0.1) is 9.80 Å². The summed E-state index contributed by atoms with van der Waals surface area (Å²) >= 11 is 0. The Bertz CT molecular complexity index is 1520. The molecule has 1 atom stereocenters. The zero-order valence-electron chi connectivity index (χ0n) is 19.8. The van der Waals surface area contributed by atoms with Crippen LogP contribution in [0.4, 0.5) is 4.39 Å². The minimum Gasteiger partial charge on any atom is -0.485 e. The number of nitrogens with two attached hydrogens (primary N) is 2. The predicted octanol–water partition coefficient (Wildman–Crippen LogP) is 3.58. The molecule has 4 rings (SSSR count). The molecule has 192 valence electrons. The van der Waals surface area contributed by atoms with Crippen LogP contribution in [0, 0.1) is 5.82 Å². The number of benzene rings is 3. The van der Waals surface area contributed by atoms with Gasteiger partial charge in [0, 0.05) is 29.5 Å². The van der Waals surface area contributed by atoms with Gasteiger partial charge in [-0.3, -0.25) is 0 Å². The third-order valence-corrected chi connectivity index (χ3v) is 7.91. The van der Waals surface area contributed by atoms with Gasteiger partial charge in [-0.15, -0.1) is 0 Å². The van der Waals surface area contributed by atoms with Crippen molar-refractivity contribution in [2.75, 3.05) is 0 Å². The van der Waals surface area contributed by atoms with Crippen LogP contribution in [0.5, 0.6) is 0 Å². The Hall–Kier alpha value is -4.38. The van der Waals surface area contributed by atoms with Crippen LogP contribution in [-0.2, 0) is 21.0 Å². The molecule has 1 aliphatic heterocycles. The number of hydrogen-bond donors (Lipinski definition) is 4. The zero-order chi connectivity index (χ0) is 26.8. The van der Waals surface area contributed by atoms with Gasteiger partial charge in [0.25, 0.3) is 0 Å². The highest BCUT2D eigenvalue weighted by Crippen LogP contribution is 2.45. The summed E-state index contributed by atoms with van der Waals surface area (Å²) in [7, 11) is -4.05. The van der Waals surface area contributed by atoms with E-state index < -0.39 is 21.3 Å². The molecular formula is C26H25FN4O5S. The Labute approximate surface area is 213 Å². The van der Waals surface area contributed by atoms with Gasteiger partial charge >= 0.3 is 0 Å². The summed E-state index contributed by atoms with van der Waals surface area (Å²) < 4.78 is 47.2. The van der Waals surface area contributed by atoms with E-state index in [9.17, 15) is 12.8 Å². The van der Waals surface area contributed by atoms with Crippen molar-refractivity contribution in [2.45, 2.75) is 30.3 Å². The maximum Gasteiger partial charge on any atom is 0.206 e. The molecule has 37 heavy (non-hydrogen) atoms. The van der Waals surface area contributed by atoms with Crippen LogP contribution >= 0.6 is 0 Å². The molecule has 1 heterocycles. The Morgan fingerprint density at radius 3 is 2.22 bits per heavy atom. The molecule has 9 nitrogen and oxygen atoms in total. The van der Waals surface area contributed by atoms with Crippen molar-refractivity contribution in [3.05, 3.63) is 106 Å². The lowest BCUT2D eigenvalue weighted by Crippen LogP contribution is -2.28. The van der Waals surface area contributed by atoms with Crippen LogP contribution < -0.4 is 11.5 Å². The van der Waals surface area contributed by atoms with Crippen molar-refractivity contribution < 1.29 is 28.0 Å². The third kappa shape index (κ3) is 5.26. The molecule has 11 heteroatoms. The lowest BCUT2D eigenvalue weighted by Gasteiger charge is -2.26. The van der Waals surface area contributed by atoms with E-state index in [1.54, 1.807) is 49.4 Å². The standard InChI is InChI=1S/C26H25FN4O5S/c1-26(14-16-3-2-4-19(13-16)25(29)31-33)15-22(37(34,35)21-11-9-20(27)10-12-21)23(36-26)17-5-7-18(8-6-17)24(28)30-32/h2-13,32-33H,14-15H2,1H3,(H2,28,30)(H2,29,31).